The van der Waals surface area contributed by atoms with Gasteiger partial charge in [-0.1, -0.05) is 47.1 Å². The number of esters is 1. The third kappa shape index (κ3) is 3.51. The fourth-order valence-electron chi connectivity index (χ4n) is 2.23. The number of hydrogen-bond acceptors (Lipinski definition) is 4. The Balaban J connectivity index is 2.10. The molecule has 0 atom stereocenters. The maximum Gasteiger partial charge on any atom is 0.311 e. The van der Waals surface area contributed by atoms with Crippen molar-refractivity contribution in [2.24, 2.45) is 0 Å². The minimum Gasteiger partial charge on any atom is -0.423 e. The molecule has 1 aromatic heterocycles. The van der Waals surface area contributed by atoms with Gasteiger partial charge >= 0.3 is 5.97 Å². The molecular weight excluding hydrogens is 356 g/mol. The average Bonchev–Trinajstić information content (AvgIpc) is 2.57. The van der Waals surface area contributed by atoms with Crippen molar-refractivity contribution >= 4 is 44.2 Å². The molecule has 0 radical (unpaired) electrons. The zero-order valence-electron chi connectivity index (χ0n) is 12.5. The second-order valence-corrected chi connectivity index (χ2v) is 5.89. The fourth-order valence-corrected chi connectivity index (χ4v) is 2.63. The highest BCUT2D eigenvalue weighted by molar-refractivity contribution is 9.10. The number of hydrogen-bond donors (Lipinski definition) is 1. The Morgan fingerprint density at radius 2 is 2.04 bits per heavy atom. The van der Waals surface area contributed by atoms with E-state index in [0.29, 0.717) is 12.2 Å². The first-order valence-corrected chi connectivity index (χ1v) is 8.07. The van der Waals surface area contributed by atoms with Crippen molar-refractivity contribution in [3.8, 4) is 5.75 Å². The highest BCUT2D eigenvalue weighted by atomic mass is 79.9. The molecule has 0 saturated heterocycles. The van der Waals surface area contributed by atoms with E-state index in [2.05, 4.69) is 26.2 Å². The van der Waals surface area contributed by atoms with Crippen molar-refractivity contribution in [3.05, 3.63) is 59.2 Å². The average molecular weight is 371 g/mol. The molecule has 0 aliphatic heterocycles. The summed E-state index contributed by atoms with van der Waals surface area (Å²) in [6, 6.07) is 15.5. The molecule has 0 amide bonds. The van der Waals surface area contributed by atoms with E-state index < -0.39 is 0 Å². The summed E-state index contributed by atoms with van der Waals surface area (Å²) in [7, 11) is 0. The van der Waals surface area contributed by atoms with E-state index in [0.717, 1.165) is 26.8 Å². The molecule has 0 aliphatic carbocycles. The summed E-state index contributed by atoms with van der Waals surface area (Å²) in [5.74, 6) is 0.134. The van der Waals surface area contributed by atoms with Gasteiger partial charge in [-0.15, -0.1) is 0 Å². The van der Waals surface area contributed by atoms with Crippen LogP contribution in [0.15, 0.2) is 59.2 Å². The quantitative estimate of drug-likeness (QED) is 0.652. The lowest BCUT2D eigenvalue weighted by Gasteiger charge is -2.14. The van der Waals surface area contributed by atoms with E-state index in [4.69, 9.17) is 4.74 Å². The van der Waals surface area contributed by atoms with Crippen LogP contribution in [-0.4, -0.2) is 11.0 Å². The van der Waals surface area contributed by atoms with Gasteiger partial charge in [0.1, 0.15) is 0 Å². The van der Waals surface area contributed by atoms with Gasteiger partial charge in [0, 0.05) is 22.0 Å². The van der Waals surface area contributed by atoms with Crippen LogP contribution in [0.2, 0.25) is 0 Å². The molecule has 2 aromatic carbocycles. The number of carbonyl (C=O) groups is 1. The van der Waals surface area contributed by atoms with E-state index in [1.54, 1.807) is 13.1 Å². The molecular formula is C18H15BrN2O2. The van der Waals surface area contributed by atoms with Crippen LogP contribution in [-0.2, 0) is 4.79 Å². The number of benzene rings is 2. The lowest BCUT2D eigenvalue weighted by molar-refractivity contribution is -0.133. The topological polar surface area (TPSA) is 51.2 Å². The SMILES string of the molecule is CCC(=O)Oc1cnc2ccccc2c1Nc1cccc(Br)c1. The number of anilines is 2. The lowest BCUT2D eigenvalue weighted by Crippen LogP contribution is -2.08. The van der Waals surface area contributed by atoms with E-state index in [1.165, 1.54) is 0 Å². The molecule has 1 N–H and O–H groups in total. The zero-order valence-corrected chi connectivity index (χ0v) is 14.1. The van der Waals surface area contributed by atoms with Crippen LogP contribution < -0.4 is 10.1 Å². The molecule has 3 rings (SSSR count). The molecule has 0 unspecified atom stereocenters. The van der Waals surface area contributed by atoms with Crippen molar-refractivity contribution in [1.29, 1.82) is 0 Å². The van der Waals surface area contributed by atoms with Crippen LogP contribution >= 0.6 is 15.9 Å². The molecule has 0 bridgehead atoms. The lowest BCUT2D eigenvalue weighted by atomic mass is 10.1. The number of nitrogens with zero attached hydrogens (tertiary/aromatic N) is 1. The summed E-state index contributed by atoms with van der Waals surface area (Å²) >= 11 is 3.46. The first-order chi connectivity index (χ1) is 11.2. The van der Waals surface area contributed by atoms with Crippen molar-refractivity contribution < 1.29 is 9.53 Å². The largest absolute Gasteiger partial charge is 0.423 e. The number of para-hydroxylation sites is 1. The Bertz CT molecular complexity index is 865. The van der Waals surface area contributed by atoms with E-state index in [9.17, 15) is 4.79 Å². The number of halogens is 1. The first kappa shape index (κ1) is 15.5. The number of aromatic nitrogens is 1. The van der Waals surface area contributed by atoms with Gasteiger partial charge in [0.2, 0.25) is 0 Å². The highest BCUT2D eigenvalue weighted by Gasteiger charge is 2.13. The Hall–Kier alpha value is -2.40. The minimum atomic E-state index is -0.292. The summed E-state index contributed by atoms with van der Waals surface area (Å²) in [5, 5.41) is 4.24. The van der Waals surface area contributed by atoms with Gasteiger partial charge in [-0.3, -0.25) is 9.78 Å². The predicted molar refractivity (Wildman–Crippen MR) is 95.1 cm³/mol. The standard InChI is InChI=1S/C18H15BrN2O2/c1-2-17(22)23-16-11-20-15-9-4-3-8-14(15)18(16)21-13-7-5-6-12(19)10-13/h3-11H,2H2,1H3,(H,20,21). The van der Waals surface area contributed by atoms with Crippen LogP contribution in [0.25, 0.3) is 10.9 Å². The molecule has 116 valence electrons. The highest BCUT2D eigenvalue weighted by Crippen LogP contribution is 2.34. The number of pyridine rings is 1. The van der Waals surface area contributed by atoms with Crippen molar-refractivity contribution in [2.45, 2.75) is 13.3 Å². The van der Waals surface area contributed by atoms with Gasteiger partial charge in [-0.2, -0.15) is 0 Å². The van der Waals surface area contributed by atoms with Gasteiger partial charge in [0.25, 0.3) is 0 Å². The van der Waals surface area contributed by atoms with Crippen LogP contribution in [0.5, 0.6) is 5.75 Å². The fraction of sp³-hybridized carbons (Fsp3) is 0.111. The summed E-state index contributed by atoms with van der Waals surface area (Å²) in [6.07, 6.45) is 1.89. The predicted octanol–water partition coefficient (Wildman–Crippen LogP) is 5.06. The molecule has 0 spiro atoms. The Kier molecular flexibility index (Phi) is 4.57. The van der Waals surface area contributed by atoms with Gasteiger partial charge < -0.3 is 10.1 Å². The number of carbonyl (C=O) groups excluding carboxylic acids is 1. The normalized spacial score (nSPS) is 10.5. The second kappa shape index (κ2) is 6.79. The molecule has 0 saturated carbocycles. The Morgan fingerprint density at radius 3 is 2.83 bits per heavy atom. The number of fused-ring (bicyclic) bond motifs is 1. The third-order valence-corrected chi connectivity index (χ3v) is 3.84. The van der Waals surface area contributed by atoms with Crippen molar-refractivity contribution in [2.75, 3.05) is 5.32 Å². The second-order valence-electron chi connectivity index (χ2n) is 4.98. The van der Waals surface area contributed by atoms with Crippen LogP contribution in [0.4, 0.5) is 11.4 Å². The van der Waals surface area contributed by atoms with Crippen molar-refractivity contribution in [3.63, 3.8) is 0 Å². The smallest absolute Gasteiger partial charge is 0.311 e. The Morgan fingerprint density at radius 1 is 1.22 bits per heavy atom. The van der Waals surface area contributed by atoms with E-state index in [1.807, 2.05) is 48.5 Å². The molecule has 0 fully saturated rings. The molecule has 4 nitrogen and oxygen atoms in total. The Labute approximate surface area is 142 Å². The summed E-state index contributed by atoms with van der Waals surface area (Å²) in [4.78, 5) is 16.1. The van der Waals surface area contributed by atoms with Crippen LogP contribution in [0.3, 0.4) is 0 Å². The van der Waals surface area contributed by atoms with E-state index in [-0.39, 0.29) is 5.97 Å². The summed E-state index contributed by atoms with van der Waals surface area (Å²) in [5.41, 5.74) is 2.46. The molecule has 5 heteroatoms. The minimum absolute atomic E-state index is 0.292. The molecule has 0 aliphatic rings. The summed E-state index contributed by atoms with van der Waals surface area (Å²) < 4.78 is 6.40. The third-order valence-electron chi connectivity index (χ3n) is 3.35. The number of rotatable bonds is 4. The van der Waals surface area contributed by atoms with Crippen LogP contribution in [0.1, 0.15) is 13.3 Å². The first-order valence-electron chi connectivity index (χ1n) is 7.28. The molecule has 1 heterocycles. The maximum absolute atomic E-state index is 11.7. The van der Waals surface area contributed by atoms with Gasteiger partial charge in [0.15, 0.2) is 5.75 Å². The van der Waals surface area contributed by atoms with E-state index >= 15 is 0 Å². The van der Waals surface area contributed by atoms with Gasteiger partial charge in [-0.05, 0) is 24.3 Å². The molecule has 23 heavy (non-hydrogen) atoms. The van der Waals surface area contributed by atoms with Gasteiger partial charge in [-0.25, -0.2) is 0 Å². The monoisotopic (exact) mass is 370 g/mol. The molecule has 3 aromatic rings. The summed E-state index contributed by atoms with van der Waals surface area (Å²) in [6.45, 7) is 1.76. The van der Waals surface area contributed by atoms with Crippen molar-refractivity contribution in [1.82, 2.24) is 4.98 Å². The number of ether oxygens (including phenoxy) is 1. The zero-order chi connectivity index (χ0) is 16.2. The van der Waals surface area contributed by atoms with Gasteiger partial charge in [0.05, 0.1) is 17.4 Å². The maximum atomic E-state index is 11.7. The van der Waals surface area contributed by atoms with Crippen LogP contribution in [0, 0.1) is 0 Å². The number of nitrogens with one attached hydrogen (secondary N) is 1.